The molecule has 2 rings (SSSR count). The van der Waals surface area contributed by atoms with Gasteiger partial charge in [-0.2, -0.15) is 5.26 Å². The quantitative estimate of drug-likeness (QED) is 0.187. The molecule has 0 heterocycles. The molecule has 8 nitrogen and oxygen atoms in total. The summed E-state index contributed by atoms with van der Waals surface area (Å²) < 4.78 is 30.6. The van der Waals surface area contributed by atoms with E-state index in [1.807, 2.05) is 0 Å². The maximum absolute atomic E-state index is 10.8. The fraction of sp³-hybridized carbons (Fsp3) is 0.167. The van der Waals surface area contributed by atoms with E-state index in [0.717, 1.165) is 0 Å². The number of rotatable bonds is 7. The first-order valence-corrected chi connectivity index (χ1v) is 9.01. The molecule has 0 saturated heterocycles. The number of nitrogens with zero attached hydrogens (tertiary/aromatic N) is 1. The Morgan fingerprint density at radius 3 is 2.00 bits per heavy atom. The number of nitriles is 1. The summed E-state index contributed by atoms with van der Waals surface area (Å²) in [4.78, 5) is 21.6. The molecule has 0 amide bonds. The standard InChI is InChI=1S/C18H18NO7P.2Na/c1-23-15-7-5-13(10-18(15)25-3)14(11-19)8-12-4-6-16(17(9-12)24-2)26-27(20,21)22;;/h4-10H,1-3H3,(H2,20,21,22);;/q;2*+1/p-2/b14-8+;;. The summed E-state index contributed by atoms with van der Waals surface area (Å²) in [5, 5.41) is 9.50. The number of ether oxygens (including phenoxy) is 3. The zero-order valence-corrected chi connectivity index (χ0v) is 21.7. The van der Waals surface area contributed by atoms with Crippen LogP contribution in [0.3, 0.4) is 0 Å². The second-order valence-corrected chi connectivity index (χ2v) is 6.27. The third-order valence-corrected chi connectivity index (χ3v) is 3.94. The van der Waals surface area contributed by atoms with Crippen LogP contribution in [0, 0.1) is 11.3 Å². The van der Waals surface area contributed by atoms with Gasteiger partial charge in [-0.25, -0.2) is 0 Å². The van der Waals surface area contributed by atoms with Gasteiger partial charge in [-0.05, 0) is 47.5 Å². The van der Waals surface area contributed by atoms with Gasteiger partial charge >= 0.3 is 59.1 Å². The molecule has 0 atom stereocenters. The number of phosphoric ester groups is 1. The normalized spacial score (nSPS) is 10.7. The first-order valence-electron chi connectivity index (χ1n) is 7.55. The van der Waals surface area contributed by atoms with Crippen molar-refractivity contribution in [3.8, 4) is 29.1 Å². The summed E-state index contributed by atoms with van der Waals surface area (Å²) in [6.45, 7) is 0. The minimum atomic E-state index is -5.21. The maximum atomic E-state index is 10.8. The van der Waals surface area contributed by atoms with Gasteiger partial charge in [0.2, 0.25) is 0 Å². The first-order chi connectivity index (χ1) is 12.8. The van der Waals surface area contributed by atoms with Crippen molar-refractivity contribution in [3.05, 3.63) is 47.5 Å². The van der Waals surface area contributed by atoms with Crippen LogP contribution in [0.25, 0.3) is 11.6 Å². The molecule has 0 aliphatic carbocycles. The zero-order chi connectivity index (χ0) is 20.0. The molecular weight excluding hydrogens is 419 g/mol. The van der Waals surface area contributed by atoms with Gasteiger partial charge in [-0.15, -0.1) is 0 Å². The van der Waals surface area contributed by atoms with Crippen LogP contribution in [0.2, 0.25) is 0 Å². The fourth-order valence-corrected chi connectivity index (χ4v) is 2.71. The van der Waals surface area contributed by atoms with Crippen LogP contribution in [-0.2, 0) is 4.57 Å². The van der Waals surface area contributed by atoms with Crippen molar-refractivity contribution in [3.63, 3.8) is 0 Å². The minimum Gasteiger partial charge on any atom is -0.780 e. The molecule has 0 N–H and O–H groups in total. The van der Waals surface area contributed by atoms with Gasteiger partial charge in [0.15, 0.2) is 23.0 Å². The van der Waals surface area contributed by atoms with Crippen LogP contribution in [-0.4, -0.2) is 21.3 Å². The van der Waals surface area contributed by atoms with E-state index in [2.05, 4.69) is 10.6 Å². The molecule has 0 aromatic heterocycles. The Hall–Kier alpha value is -0.980. The average Bonchev–Trinajstić information content (AvgIpc) is 2.65. The Kier molecular flexibility index (Phi) is 12.2. The van der Waals surface area contributed by atoms with Crippen molar-refractivity contribution in [1.29, 1.82) is 5.26 Å². The van der Waals surface area contributed by atoms with Crippen LogP contribution in [0.15, 0.2) is 36.4 Å². The molecule has 2 aromatic carbocycles. The van der Waals surface area contributed by atoms with Crippen molar-refractivity contribution in [2.45, 2.75) is 0 Å². The predicted octanol–water partition coefficient (Wildman–Crippen LogP) is -4.01. The SMILES string of the molecule is COc1ccc(/C(C#N)=C/c2ccc(OP(=O)([O-])[O-])c(OC)c2)cc1OC.[Na+].[Na+]. The number of hydrogen-bond donors (Lipinski definition) is 0. The molecule has 0 bridgehead atoms. The van der Waals surface area contributed by atoms with Gasteiger partial charge in [0.1, 0.15) is 7.82 Å². The van der Waals surface area contributed by atoms with Crippen molar-refractivity contribution in [2.75, 3.05) is 21.3 Å². The smallest absolute Gasteiger partial charge is 0.780 e. The van der Waals surface area contributed by atoms with Crippen LogP contribution in [0.4, 0.5) is 0 Å². The third-order valence-electron chi connectivity index (χ3n) is 3.52. The summed E-state index contributed by atoms with van der Waals surface area (Å²) in [5.74, 6) is 0.813. The summed E-state index contributed by atoms with van der Waals surface area (Å²) in [6.07, 6.45) is 1.57. The van der Waals surface area contributed by atoms with Gasteiger partial charge in [-0.3, -0.25) is 0 Å². The van der Waals surface area contributed by atoms with E-state index < -0.39 is 7.82 Å². The number of allylic oxidation sites excluding steroid dienone is 1. The van der Waals surface area contributed by atoms with E-state index in [1.54, 1.807) is 24.3 Å². The molecule has 11 heteroatoms. The summed E-state index contributed by atoms with van der Waals surface area (Å²) in [5.41, 5.74) is 1.46. The Morgan fingerprint density at radius 2 is 1.48 bits per heavy atom. The second kappa shape index (κ2) is 12.7. The summed E-state index contributed by atoms with van der Waals surface area (Å²) in [6, 6.07) is 11.4. The number of phosphoric acid groups is 1. The Bertz CT molecular complexity index is 954. The van der Waals surface area contributed by atoms with Crippen LogP contribution in [0.1, 0.15) is 11.1 Å². The molecule has 0 unspecified atom stereocenters. The molecule has 142 valence electrons. The van der Waals surface area contributed by atoms with Crippen molar-refractivity contribution < 1.29 is 92.2 Å². The minimum absolute atomic E-state index is 0. The van der Waals surface area contributed by atoms with Gasteiger partial charge in [0.25, 0.3) is 0 Å². The van der Waals surface area contributed by atoms with E-state index in [4.69, 9.17) is 14.2 Å². The Labute approximate surface area is 213 Å². The first kappa shape index (κ1) is 28.0. The van der Waals surface area contributed by atoms with Crippen molar-refractivity contribution >= 4 is 19.5 Å². The Balaban J connectivity index is 0.00000392. The average molecular weight is 435 g/mol. The van der Waals surface area contributed by atoms with Crippen LogP contribution < -0.4 is 87.6 Å². The topological polar surface area (TPSA) is 124 Å². The molecule has 0 radical (unpaired) electrons. The molecule has 29 heavy (non-hydrogen) atoms. The molecule has 0 spiro atoms. The number of methoxy groups -OCH3 is 3. The van der Waals surface area contributed by atoms with Gasteiger partial charge in [-0.1, -0.05) is 6.07 Å². The van der Waals surface area contributed by atoms with E-state index >= 15 is 0 Å². The van der Waals surface area contributed by atoms with Gasteiger partial charge < -0.3 is 33.1 Å². The summed E-state index contributed by atoms with van der Waals surface area (Å²) in [7, 11) is -0.910. The van der Waals surface area contributed by atoms with Crippen LogP contribution in [0.5, 0.6) is 23.0 Å². The predicted molar refractivity (Wildman–Crippen MR) is 94.3 cm³/mol. The molecule has 0 aliphatic rings. The van der Waals surface area contributed by atoms with E-state index in [-0.39, 0.29) is 70.6 Å². The molecule has 0 fully saturated rings. The van der Waals surface area contributed by atoms with Gasteiger partial charge in [0.05, 0.1) is 33.0 Å². The number of hydrogen-bond acceptors (Lipinski definition) is 8. The maximum Gasteiger partial charge on any atom is 1.00 e. The van der Waals surface area contributed by atoms with Crippen LogP contribution >= 0.6 is 7.82 Å². The van der Waals surface area contributed by atoms with Crippen molar-refractivity contribution in [2.24, 2.45) is 0 Å². The van der Waals surface area contributed by atoms with E-state index in [1.165, 1.54) is 39.5 Å². The van der Waals surface area contributed by atoms with Crippen molar-refractivity contribution in [1.82, 2.24) is 0 Å². The fourth-order valence-electron chi connectivity index (χ4n) is 2.32. The second-order valence-electron chi connectivity index (χ2n) is 5.19. The van der Waals surface area contributed by atoms with E-state index in [0.29, 0.717) is 28.2 Å². The molecule has 0 saturated carbocycles. The summed E-state index contributed by atoms with van der Waals surface area (Å²) >= 11 is 0. The molecular formula is C18H16NNa2O7P. The largest absolute Gasteiger partial charge is 1.00 e. The Morgan fingerprint density at radius 1 is 0.931 bits per heavy atom. The van der Waals surface area contributed by atoms with Gasteiger partial charge in [0, 0.05) is 0 Å². The third kappa shape index (κ3) is 7.99. The monoisotopic (exact) mass is 435 g/mol. The molecule has 2 aromatic rings. The van der Waals surface area contributed by atoms with E-state index in [9.17, 15) is 19.6 Å². The number of benzene rings is 2. The zero-order valence-electron chi connectivity index (χ0n) is 16.8. The molecule has 0 aliphatic heterocycles.